The Bertz CT molecular complexity index is 644. The smallest absolute Gasteiger partial charge is 0.124 e. The molecule has 0 spiro atoms. The zero-order valence-corrected chi connectivity index (χ0v) is 10.5. The molecule has 0 N–H and O–H groups in total. The molecule has 0 bridgehead atoms. The first-order valence-electron chi connectivity index (χ1n) is 5.69. The molecule has 0 amide bonds. The number of alkyl halides is 1. The average Bonchev–Trinajstić information content (AvgIpc) is 3.03. The van der Waals surface area contributed by atoms with E-state index in [0.29, 0.717) is 5.88 Å². The molecule has 6 heteroatoms. The summed E-state index contributed by atoms with van der Waals surface area (Å²) >= 11 is 5.94. The highest BCUT2D eigenvalue weighted by Crippen LogP contribution is 2.16. The van der Waals surface area contributed by atoms with Crippen LogP contribution in [0.2, 0.25) is 0 Å². The SMILES string of the molecule is ClCc1nc2cnccc2n1CCn1ccnc1. The number of hydrogen-bond donors (Lipinski definition) is 0. The normalized spacial score (nSPS) is 11.2. The summed E-state index contributed by atoms with van der Waals surface area (Å²) in [5.74, 6) is 1.28. The number of nitrogens with zero attached hydrogens (tertiary/aromatic N) is 5. The molecule has 0 atom stereocenters. The fourth-order valence-corrected chi connectivity index (χ4v) is 2.22. The Hall–Kier alpha value is -1.88. The molecule has 18 heavy (non-hydrogen) atoms. The van der Waals surface area contributed by atoms with Crippen LogP contribution in [0, 0.1) is 0 Å². The molecule has 5 nitrogen and oxygen atoms in total. The summed E-state index contributed by atoms with van der Waals surface area (Å²) in [6, 6.07) is 1.96. The van der Waals surface area contributed by atoms with E-state index in [2.05, 4.69) is 19.5 Å². The molecule has 0 saturated carbocycles. The molecule has 0 radical (unpaired) electrons. The third-order valence-electron chi connectivity index (χ3n) is 2.89. The summed E-state index contributed by atoms with van der Waals surface area (Å²) in [5.41, 5.74) is 1.96. The lowest BCUT2D eigenvalue weighted by Gasteiger charge is -2.08. The highest BCUT2D eigenvalue weighted by atomic mass is 35.5. The van der Waals surface area contributed by atoms with Gasteiger partial charge in [-0.2, -0.15) is 0 Å². The zero-order chi connectivity index (χ0) is 12.4. The lowest BCUT2D eigenvalue weighted by Crippen LogP contribution is -2.08. The molecule has 92 valence electrons. The van der Waals surface area contributed by atoms with E-state index in [4.69, 9.17) is 11.6 Å². The van der Waals surface area contributed by atoms with Crippen LogP contribution in [0.25, 0.3) is 11.0 Å². The van der Waals surface area contributed by atoms with Crippen LogP contribution in [0.5, 0.6) is 0 Å². The molecule has 3 heterocycles. The predicted octanol–water partition coefficient (Wildman–Crippen LogP) is 2.07. The minimum atomic E-state index is 0.401. The molecular formula is C12H12ClN5. The second kappa shape index (κ2) is 4.78. The van der Waals surface area contributed by atoms with Crippen LogP contribution in [0.3, 0.4) is 0 Å². The van der Waals surface area contributed by atoms with Gasteiger partial charge in [-0.25, -0.2) is 9.97 Å². The lowest BCUT2D eigenvalue weighted by molar-refractivity contribution is 0.577. The summed E-state index contributed by atoms with van der Waals surface area (Å²) in [6.07, 6.45) is 9.06. The Morgan fingerprint density at radius 1 is 1.17 bits per heavy atom. The van der Waals surface area contributed by atoms with Gasteiger partial charge in [0.25, 0.3) is 0 Å². The Morgan fingerprint density at radius 3 is 2.89 bits per heavy atom. The first kappa shape index (κ1) is 11.2. The monoisotopic (exact) mass is 261 g/mol. The van der Waals surface area contributed by atoms with Crippen molar-refractivity contribution in [3.8, 4) is 0 Å². The van der Waals surface area contributed by atoms with E-state index >= 15 is 0 Å². The Kier molecular flexibility index (Phi) is 2.98. The molecule has 3 rings (SSSR count). The molecule has 0 saturated heterocycles. The quantitative estimate of drug-likeness (QED) is 0.676. The summed E-state index contributed by atoms with van der Waals surface area (Å²) in [7, 11) is 0. The van der Waals surface area contributed by atoms with Gasteiger partial charge in [0.2, 0.25) is 0 Å². The number of aromatic nitrogens is 5. The van der Waals surface area contributed by atoms with Crippen LogP contribution in [-0.4, -0.2) is 24.1 Å². The molecule has 0 aliphatic heterocycles. The maximum absolute atomic E-state index is 5.94. The molecule has 0 aromatic carbocycles. The maximum atomic E-state index is 5.94. The van der Waals surface area contributed by atoms with Crippen LogP contribution >= 0.6 is 11.6 Å². The number of imidazole rings is 2. The van der Waals surface area contributed by atoms with Gasteiger partial charge in [-0.15, -0.1) is 11.6 Å². The Morgan fingerprint density at radius 2 is 2.11 bits per heavy atom. The molecule has 0 unspecified atom stereocenters. The van der Waals surface area contributed by atoms with Crippen molar-refractivity contribution in [3.05, 3.63) is 43.0 Å². The van der Waals surface area contributed by atoms with E-state index in [9.17, 15) is 0 Å². The number of pyridine rings is 1. The van der Waals surface area contributed by atoms with Gasteiger partial charge < -0.3 is 9.13 Å². The van der Waals surface area contributed by atoms with Crippen molar-refractivity contribution < 1.29 is 0 Å². The van der Waals surface area contributed by atoms with Gasteiger partial charge in [-0.3, -0.25) is 4.98 Å². The van der Waals surface area contributed by atoms with Crippen molar-refractivity contribution in [2.75, 3.05) is 0 Å². The Balaban J connectivity index is 1.94. The third-order valence-corrected chi connectivity index (χ3v) is 3.13. The van der Waals surface area contributed by atoms with E-state index in [0.717, 1.165) is 29.9 Å². The zero-order valence-electron chi connectivity index (χ0n) is 9.70. The largest absolute Gasteiger partial charge is 0.336 e. The van der Waals surface area contributed by atoms with Crippen LogP contribution in [0.15, 0.2) is 37.2 Å². The summed E-state index contributed by atoms with van der Waals surface area (Å²) in [5, 5.41) is 0. The first-order valence-corrected chi connectivity index (χ1v) is 6.23. The van der Waals surface area contributed by atoms with Gasteiger partial charge in [0.1, 0.15) is 11.3 Å². The predicted molar refractivity (Wildman–Crippen MR) is 69.3 cm³/mol. The van der Waals surface area contributed by atoms with E-state index in [1.165, 1.54) is 0 Å². The molecule has 3 aromatic heterocycles. The van der Waals surface area contributed by atoms with Crippen LogP contribution < -0.4 is 0 Å². The van der Waals surface area contributed by atoms with Crippen molar-refractivity contribution in [2.24, 2.45) is 0 Å². The van der Waals surface area contributed by atoms with Gasteiger partial charge >= 0.3 is 0 Å². The van der Waals surface area contributed by atoms with Crippen LogP contribution in [0.1, 0.15) is 5.82 Å². The van der Waals surface area contributed by atoms with Crippen molar-refractivity contribution >= 4 is 22.6 Å². The number of halogens is 1. The van der Waals surface area contributed by atoms with Crippen molar-refractivity contribution in [2.45, 2.75) is 19.0 Å². The number of rotatable bonds is 4. The summed E-state index contributed by atoms with van der Waals surface area (Å²) in [4.78, 5) is 12.6. The number of hydrogen-bond acceptors (Lipinski definition) is 3. The Labute approximate surface area is 109 Å². The lowest BCUT2D eigenvalue weighted by atomic mass is 10.4. The maximum Gasteiger partial charge on any atom is 0.124 e. The summed E-state index contributed by atoms with van der Waals surface area (Å²) in [6.45, 7) is 1.66. The number of aryl methyl sites for hydroxylation is 2. The second-order valence-corrected chi connectivity index (χ2v) is 4.25. The van der Waals surface area contributed by atoms with E-state index < -0.39 is 0 Å². The van der Waals surface area contributed by atoms with Crippen molar-refractivity contribution in [3.63, 3.8) is 0 Å². The minimum absolute atomic E-state index is 0.401. The van der Waals surface area contributed by atoms with Crippen LogP contribution in [0.4, 0.5) is 0 Å². The van der Waals surface area contributed by atoms with Gasteiger partial charge in [0.05, 0.1) is 23.9 Å². The van der Waals surface area contributed by atoms with Crippen LogP contribution in [-0.2, 0) is 19.0 Å². The van der Waals surface area contributed by atoms with E-state index in [1.807, 2.05) is 16.8 Å². The van der Waals surface area contributed by atoms with Crippen molar-refractivity contribution in [1.82, 2.24) is 24.1 Å². The molecule has 0 aliphatic carbocycles. The first-order chi connectivity index (χ1) is 8.88. The fraction of sp³-hybridized carbons (Fsp3) is 0.250. The van der Waals surface area contributed by atoms with E-state index in [1.54, 1.807) is 24.9 Å². The molecule has 0 aliphatic rings. The van der Waals surface area contributed by atoms with Gasteiger partial charge in [-0.05, 0) is 6.07 Å². The number of fused-ring (bicyclic) bond motifs is 1. The second-order valence-electron chi connectivity index (χ2n) is 3.98. The van der Waals surface area contributed by atoms with Gasteiger partial charge in [-0.1, -0.05) is 0 Å². The highest BCUT2D eigenvalue weighted by Gasteiger charge is 2.09. The summed E-state index contributed by atoms with van der Waals surface area (Å²) < 4.78 is 4.16. The van der Waals surface area contributed by atoms with Crippen molar-refractivity contribution in [1.29, 1.82) is 0 Å². The van der Waals surface area contributed by atoms with Gasteiger partial charge in [0.15, 0.2) is 0 Å². The fourth-order valence-electron chi connectivity index (χ4n) is 2.02. The third kappa shape index (κ3) is 1.97. The topological polar surface area (TPSA) is 48.5 Å². The minimum Gasteiger partial charge on any atom is -0.336 e. The van der Waals surface area contributed by atoms with E-state index in [-0.39, 0.29) is 0 Å². The molecule has 3 aromatic rings. The highest BCUT2D eigenvalue weighted by molar-refractivity contribution is 6.16. The van der Waals surface area contributed by atoms with Gasteiger partial charge in [0, 0.05) is 31.7 Å². The average molecular weight is 262 g/mol. The molecular weight excluding hydrogens is 250 g/mol. The molecule has 0 fully saturated rings. The standard InChI is InChI=1S/C12H12ClN5/c13-7-12-16-10-8-14-2-1-11(10)18(12)6-5-17-4-3-15-9-17/h1-4,8-9H,5-7H2.